The SMILES string of the molecule is CC1(C)COc2cc(Br)c(-c3cc(C(=O)O)on3)cc2OC1. The molecule has 0 saturated heterocycles. The number of hydrogen-bond acceptors (Lipinski definition) is 5. The zero-order valence-electron chi connectivity index (χ0n) is 12.1. The summed E-state index contributed by atoms with van der Waals surface area (Å²) < 4.78 is 17.1. The van der Waals surface area contributed by atoms with Gasteiger partial charge in [-0.2, -0.15) is 0 Å². The van der Waals surface area contributed by atoms with Crippen LogP contribution in [0.25, 0.3) is 11.3 Å². The van der Waals surface area contributed by atoms with Crippen LogP contribution in [0.4, 0.5) is 0 Å². The highest BCUT2D eigenvalue weighted by Gasteiger charge is 2.26. The Morgan fingerprint density at radius 3 is 2.45 bits per heavy atom. The lowest BCUT2D eigenvalue weighted by Crippen LogP contribution is -2.26. The molecule has 0 aliphatic carbocycles. The number of fused-ring (bicyclic) bond motifs is 1. The fourth-order valence-electron chi connectivity index (χ4n) is 2.05. The molecule has 6 nitrogen and oxygen atoms in total. The van der Waals surface area contributed by atoms with Gasteiger partial charge < -0.3 is 19.1 Å². The molecule has 3 rings (SSSR count). The lowest BCUT2D eigenvalue weighted by atomic mass is 9.97. The Balaban J connectivity index is 2.00. The van der Waals surface area contributed by atoms with E-state index >= 15 is 0 Å². The zero-order chi connectivity index (χ0) is 15.9. The van der Waals surface area contributed by atoms with Crippen molar-refractivity contribution in [2.45, 2.75) is 13.8 Å². The average molecular weight is 368 g/mol. The van der Waals surface area contributed by atoms with E-state index in [1.54, 1.807) is 12.1 Å². The van der Waals surface area contributed by atoms with Crippen LogP contribution in [0.5, 0.6) is 11.5 Å². The molecule has 0 unspecified atom stereocenters. The van der Waals surface area contributed by atoms with Gasteiger partial charge in [0.05, 0.1) is 13.2 Å². The second-order valence-corrected chi connectivity index (χ2v) is 6.76. The van der Waals surface area contributed by atoms with Crippen LogP contribution in [-0.4, -0.2) is 29.4 Å². The highest BCUT2D eigenvalue weighted by atomic mass is 79.9. The number of carboxylic acids is 1. The maximum absolute atomic E-state index is 10.9. The zero-order valence-corrected chi connectivity index (χ0v) is 13.6. The van der Waals surface area contributed by atoms with Crippen LogP contribution in [0, 0.1) is 5.41 Å². The monoisotopic (exact) mass is 367 g/mol. The molecular formula is C15H14BrNO5. The molecule has 1 aromatic heterocycles. The van der Waals surface area contributed by atoms with E-state index in [2.05, 4.69) is 34.9 Å². The third-order valence-corrected chi connectivity index (χ3v) is 3.92. The molecule has 116 valence electrons. The van der Waals surface area contributed by atoms with Crippen LogP contribution in [0.3, 0.4) is 0 Å². The number of rotatable bonds is 2. The highest BCUT2D eigenvalue weighted by Crippen LogP contribution is 2.41. The summed E-state index contributed by atoms with van der Waals surface area (Å²) in [7, 11) is 0. The molecule has 1 N–H and O–H groups in total. The molecule has 0 fully saturated rings. The third kappa shape index (κ3) is 2.81. The number of aromatic nitrogens is 1. The number of carboxylic acid groups (broad SMARTS) is 1. The Hall–Kier alpha value is -2.02. The van der Waals surface area contributed by atoms with Crippen molar-refractivity contribution in [3.63, 3.8) is 0 Å². The second kappa shape index (κ2) is 5.31. The van der Waals surface area contributed by atoms with E-state index in [0.717, 1.165) is 4.47 Å². The van der Waals surface area contributed by atoms with Gasteiger partial charge in [-0.25, -0.2) is 4.79 Å². The van der Waals surface area contributed by atoms with Crippen molar-refractivity contribution in [3.8, 4) is 22.8 Å². The van der Waals surface area contributed by atoms with Gasteiger partial charge in [0.2, 0.25) is 5.76 Å². The maximum atomic E-state index is 10.9. The molecule has 0 radical (unpaired) electrons. The van der Waals surface area contributed by atoms with Crippen molar-refractivity contribution < 1.29 is 23.9 Å². The lowest BCUT2D eigenvalue weighted by Gasteiger charge is -2.19. The number of nitrogens with zero attached hydrogens (tertiary/aromatic N) is 1. The summed E-state index contributed by atoms with van der Waals surface area (Å²) in [5, 5.41) is 12.7. The molecule has 2 heterocycles. The van der Waals surface area contributed by atoms with E-state index < -0.39 is 5.97 Å². The molecule has 7 heteroatoms. The minimum Gasteiger partial charge on any atom is -0.489 e. The van der Waals surface area contributed by atoms with Crippen molar-refractivity contribution in [1.82, 2.24) is 5.16 Å². The van der Waals surface area contributed by atoms with Crippen LogP contribution in [-0.2, 0) is 0 Å². The van der Waals surface area contributed by atoms with Gasteiger partial charge in [-0.15, -0.1) is 0 Å². The number of benzene rings is 1. The molecule has 0 spiro atoms. The fraction of sp³-hybridized carbons (Fsp3) is 0.333. The van der Waals surface area contributed by atoms with Gasteiger partial charge >= 0.3 is 5.97 Å². The van der Waals surface area contributed by atoms with Crippen molar-refractivity contribution in [2.75, 3.05) is 13.2 Å². The molecular weight excluding hydrogens is 354 g/mol. The van der Waals surface area contributed by atoms with E-state index in [9.17, 15) is 4.79 Å². The average Bonchev–Trinajstić information content (AvgIpc) is 2.88. The third-order valence-electron chi connectivity index (χ3n) is 3.27. The van der Waals surface area contributed by atoms with E-state index in [4.69, 9.17) is 19.1 Å². The van der Waals surface area contributed by atoms with Gasteiger partial charge in [-0.3, -0.25) is 0 Å². The van der Waals surface area contributed by atoms with Crippen LogP contribution >= 0.6 is 15.9 Å². The minimum absolute atomic E-state index is 0.0873. The van der Waals surface area contributed by atoms with Gasteiger partial charge in [0.1, 0.15) is 5.69 Å². The standard InChI is InChI=1S/C15H14BrNO5/c1-15(2)6-20-11-3-8(9(16)4-12(11)21-7-15)10-5-13(14(18)19)22-17-10/h3-5H,6-7H2,1-2H3,(H,18,19). The number of halogens is 1. The molecule has 1 aromatic carbocycles. The predicted molar refractivity (Wildman–Crippen MR) is 81.4 cm³/mol. The Morgan fingerprint density at radius 2 is 1.86 bits per heavy atom. The van der Waals surface area contributed by atoms with Crippen LogP contribution in [0.1, 0.15) is 24.4 Å². The first-order chi connectivity index (χ1) is 10.4. The van der Waals surface area contributed by atoms with Crippen molar-refractivity contribution in [3.05, 3.63) is 28.4 Å². The normalized spacial score (nSPS) is 16.1. The molecule has 0 bridgehead atoms. The van der Waals surface area contributed by atoms with Crippen LogP contribution in [0.15, 0.2) is 27.2 Å². The summed E-state index contributed by atoms with van der Waals surface area (Å²) in [6.07, 6.45) is 0. The number of ether oxygens (including phenoxy) is 2. The smallest absolute Gasteiger partial charge is 0.374 e. The van der Waals surface area contributed by atoms with Crippen molar-refractivity contribution in [2.24, 2.45) is 5.41 Å². The largest absolute Gasteiger partial charge is 0.489 e. The number of aromatic carboxylic acids is 1. The fourth-order valence-corrected chi connectivity index (χ4v) is 2.57. The van der Waals surface area contributed by atoms with Gasteiger partial charge in [0.25, 0.3) is 0 Å². The molecule has 0 amide bonds. The predicted octanol–water partition coefficient (Wildman–Crippen LogP) is 3.60. The highest BCUT2D eigenvalue weighted by molar-refractivity contribution is 9.10. The van der Waals surface area contributed by atoms with E-state index in [1.165, 1.54) is 6.07 Å². The van der Waals surface area contributed by atoms with E-state index in [-0.39, 0.29) is 11.2 Å². The second-order valence-electron chi connectivity index (χ2n) is 5.90. The molecule has 0 atom stereocenters. The Labute approximate surface area is 135 Å². The Kier molecular flexibility index (Phi) is 3.60. The summed E-state index contributed by atoms with van der Waals surface area (Å²) in [6, 6.07) is 4.93. The Bertz CT molecular complexity index is 738. The Morgan fingerprint density at radius 1 is 1.23 bits per heavy atom. The quantitative estimate of drug-likeness (QED) is 0.872. The van der Waals surface area contributed by atoms with Crippen LogP contribution < -0.4 is 9.47 Å². The van der Waals surface area contributed by atoms with Gasteiger partial charge in [-0.05, 0) is 28.1 Å². The summed E-state index contributed by atoms with van der Waals surface area (Å²) in [6.45, 7) is 5.20. The molecule has 0 saturated carbocycles. The molecule has 22 heavy (non-hydrogen) atoms. The molecule has 1 aliphatic heterocycles. The van der Waals surface area contributed by atoms with E-state index in [0.29, 0.717) is 36.0 Å². The number of hydrogen-bond donors (Lipinski definition) is 1. The lowest BCUT2D eigenvalue weighted by molar-refractivity contribution is 0.0652. The first kappa shape index (κ1) is 14.9. The summed E-state index contributed by atoms with van der Waals surface area (Å²) in [5.74, 6) is -0.132. The van der Waals surface area contributed by atoms with Crippen molar-refractivity contribution >= 4 is 21.9 Å². The van der Waals surface area contributed by atoms with Gasteiger partial charge in [0, 0.05) is 21.5 Å². The summed E-state index contributed by atoms with van der Waals surface area (Å²) in [4.78, 5) is 10.9. The van der Waals surface area contributed by atoms with Crippen LogP contribution in [0.2, 0.25) is 0 Å². The first-order valence-electron chi connectivity index (χ1n) is 6.65. The maximum Gasteiger partial charge on any atom is 0.374 e. The molecule has 1 aliphatic rings. The van der Waals surface area contributed by atoms with Gasteiger partial charge in [-0.1, -0.05) is 19.0 Å². The minimum atomic E-state index is -1.16. The topological polar surface area (TPSA) is 81.8 Å². The van der Waals surface area contributed by atoms with Crippen molar-refractivity contribution in [1.29, 1.82) is 0 Å². The van der Waals surface area contributed by atoms with Gasteiger partial charge in [0.15, 0.2) is 11.5 Å². The summed E-state index contributed by atoms with van der Waals surface area (Å²) in [5.41, 5.74) is 1.01. The number of carbonyl (C=O) groups is 1. The van der Waals surface area contributed by atoms with E-state index in [1.807, 2.05) is 0 Å². The molecule has 2 aromatic rings. The first-order valence-corrected chi connectivity index (χ1v) is 7.44. The summed E-state index contributed by atoms with van der Waals surface area (Å²) >= 11 is 3.45.